The van der Waals surface area contributed by atoms with Crippen molar-refractivity contribution in [1.82, 2.24) is 9.88 Å². The summed E-state index contributed by atoms with van der Waals surface area (Å²) in [5, 5.41) is 5.96. The van der Waals surface area contributed by atoms with Crippen LogP contribution in [-0.4, -0.2) is 31.8 Å². The lowest BCUT2D eigenvalue weighted by Crippen LogP contribution is -2.33. The van der Waals surface area contributed by atoms with Crippen molar-refractivity contribution in [3.63, 3.8) is 0 Å². The average Bonchev–Trinajstić information content (AvgIpc) is 2.90. The Labute approximate surface area is 132 Å². The zero-order chi connectivity index (χ0) is 17.0. The van der Waals surface area contributed by atoms with Crippen LogP contribution in [0.2, 0.25) is 0 Å². The lowest BCUT2D eigenvalue weighted by atomic mass is 10.2. The third-order valence-electron chi connectivity index (χ3n) is 2.89. The van der Waals surface area contributed by atoms with Crippen LogP contribution in [0, 0.1) is 6.92 Å². The van der Waals surface area contributed by atoms with E-state index in [4.69, 9.17) is 4.52 Å². The Kier molecular flexibility index (Phi) is 4.92. The molecule has 0 radical (unpaired) electrons. The zero-order valence-corrected chi connectivity index (χ0v) is 13.3. The van der Waals surface area contributed by atoms with Crippen molar-refractivity contribution in [2.75, 3.05) is 11.9 Å². The smallest absolute Gasteiger partial charge is 0.241 e. The van der Waals surface area contributed by atoms with Gasteiger partial charge in [-0.15, -0.1) is 0 Å². The molecule has 2 rings (SSSR count). The summed E-state index contributed by atoms with van der Waals surface area (Å²) in [5.41, 5.74) is 0.406. The zero-order valence-electron chi connectivity index (χ0n) is 12.5. The molecular weight excluding hydrogens is 322 g/mol. The Morgan fingerprint density at radius 1 is 1.22 bits per heavy atom. The summed E-state index contributed by atoms with van der Waals surface area (Å²) in [6.45, 7) is 2.59. The predicted molar refractivity (Wildman–Crippen MR) is 81.5 cm³/mol. The second-order valence-corrected chi connectivity index (χ2v) is 6.54. The largest absolute Gasteiger partial charge is 0.360 e. The summed E-state index contributed by atoms with van der Waals surface area (Å²) in [5.74, 6) is -0.0182. The number of hydrogen-bond acceptors (Lipinski definition) is 6. The lowest BCUT2D eigenvalue weighted by molar-refractivity contribution is -0.115. The van der Waals surface area contributed by atoms with Crippen LogP contribution in [0.3, 0.4) is 0 Å². The number of ketones is 1. The van der Waals surface area contributed by atoms with Gasteiger partial charge in [-0.25, -0.2) is 13.1 Å². The maximum absolute atomic E-state index is 12.1. The molecular formula is C14H15N3O5S. The highest BCUT2D eigenvalue weighted by atomic mass is 32.2. The Morgan fingerprint density at radius 2 is 1.87 bits per heavy atom. The molecule has 9 heteroatoms. The maximum Gasteiger partial charge on any atom is 0.241 e. The summed E-state index contributed by atoms with van der Waals surface area (Å²) < 4.78 is 31.1. The monoisotopic (exact) mass is 337 g/mol. The van der Waals surface area contributed by atoms with Crippen molar-refractivity contribution in [2.45, 2.75) is 18.7 Å². The molecule has 8 nitrogen and oxygen atoms in total. The van der Waals surface area contributed by atoms with Gasteiger partial charge < -0.3 is 9.84 Å². The van der Waals surface area contributed by atoms with Gasteiger partial charge in [-0.3, -0.25) is 9.59 Å². The number of Topliss-reactive ketones (excluding diaryl/α,β-unsaturated/α-hetero) is 1. The number of amides is 1. The molecule has 0 spiro atoms. The molecule has 23 heavy (non-hydrogen) atoms. The molecule has 0 aliphatic heterocycles. The number of benzene rings is 1. The van der Waals surface area contributed by atoms with Gasteiger partial charge in [0.1, 0.15) is 5.76 Å². The topological polar surface area (TPSA) is 118 Å². The Bertz CT molecular complexity index is 824. The maximum atomic E-state index is 12.1. The summed E-state index contributed by atoms with van der Waals surface area (Å²) >= 11 is 0. The van der Waals surface area contributed by atoms with Crippen molar-refractivity contribution in [2.24, 2.45) is 0 Å². The highest BCUT2D eigenvalue weighted by molar-refractivity contribution is 7.89. The van der Waals surface area contributed by atoms with E-state index >= 15 is 0 Å². The van der Waals surface area contributed by atoms with Gasteiger partial charge in [0, 0.05) is 11.6 Å². The molecule has 0 saturated heterocycles. The van der Waals surface area contributed by atoms with Crippen LogP contribution < -0.4 is 10.0 Å². The summed E-state index contributed by atoms with van der Waals surface area (Å²) in [6, 6.07) is 6.94. The number of aromatic nitrogens is 1. The Morgan fingerprint density at radius 3 is 2.39 bits per heavy atom. The minimum atomic E-state index is -3.85. The SMILES string of the molecule is CC(=O)c1ccc(S(=O)(=O)NCC(=O)Nc2cc(C)on2)cc1. The van der Waals surface area contributed by atoms with Crippen LogP contribution in [0.5, 0.6) is 0 Å². The van der Waals surface area contributed by atoms with Crippen molar-refractivity contribution < 1.29 is 22.5 Å². The fourth-order valence-electron chi connectivity index (χ4n) is 1.73. The molecule has 0 fully saturated rings. The molecule has 1 amide bonds. The molecule has 1 heterocycles. The van der Waals surface area contributed by atoms with Crippen LogP contribution in [0.25, 0.3) is 0 Å². The molecule has 0 saturated carbocycles. The molecule has 122 valence electrons. The second kappa shape index (κ2) is 6.71. The first-order valence-electron chi connectivity index (χ1n) is 6.62. The number of carbonyl (C=O) groups excluding carboxylic acids is 2. The number of carbonyl (C=O) groups is 2. The molecule has 2 N–H and O–H groups in total. The third kappa shape index (κ3) is 4.47. The number of aryl methyl sites for hydroxylation is 1. The van der Waals surface area contributed by atoms with E-state index in [1.54, 1.807) is 6.92 Å². The van der Waals surface area contributed by atoms with Gasteiger partial charge in [0.25, 0.3) is 0 Å². The van der Waals surface area contributed by atoms with E-state index in [0.29, 0.717) is 11.3 Å². The van der Waals surface area contributed by atoms with Gasteiger partial charge in [0.2, 0.25) is 15.9 Å². The first-order chi connectivity index (χ1) is 10.8. The van der Waals surface area contributed by atoms with E-state index in [-0.39, 0.29) is 16.5 Å². The number of hydrogen-bond donors (Lipinski definition) is 2. The average molecular weight is 337 g/mol. The van der Waals surface area contributed by atoms with Gasteiger partial charge in [-0.2, -0.15) is 0 Å². The number of rotatable bonds is 6. The minimum Gasteiger partial charge on any atom is -0.360 e. The quantitative estimate of drug-likeness (QED) is 0.762. The third-order valence-corrected chi connectivity index (χ3v) is 4.31. The molecule has 2 aromatic rings. The van der Waals surface area contributed by atoms with E-state index in [2.05, 4.69) is 15.2 Å². The van der Waals surface area contributed by atoms with Crippen molar-refractivity contribution in [3.05, 3.63) is 41.7 Å². The first-order valence-corrected chi connectivity index (χ1v) is 8.10. The van der Waals surface area contributed by atoms with E-state index in [0.717, 1.165) is 0 Å². The van der Waals surface area contributed by atoms with Gasteiger partial charge >= 0.3 is 0 Å². The van der Waals surface area contributed by atoms with E-state index in [1.807, 2.05) is 0 Å². The molecule has 0 unspecified atom stereocenters. The van der Waals surface area contributed by atoms with Crippen molar-refractivity contribution in [1.29, 1.82) is 0 Å². The Balaban J connectivity index is 1.98. The number of nitrogens with one attached hydrogen (secondary N) is 2. The minimum absolute atomic E-state index is 0.0346. The number of nitrogens with zero attached hydrogens (tertiary/aromatic N) is 1. The lowest BCUT2D eigenvalue weighted by Gasteiger charge is -2.07. The summed E-state index contributed by atoms with van der Waals surface area (Å²) in [7, 11) is -3.85. The highest BCUT2D eigenvalue weighted by Gasteiger charge is 2.16. The van der Waals surface area contributed by atoms with Gasteiger partial charge in [-0.05, 0) is 26.0 Å². The summed E-state index contributed by atoms with van der Waals surface area (Å²) in [4.78, 5) is 22.8. The molecule has 0 bridgehead atoms. The first kappa shape index (κ1) is 16.8. The molecule has 1 aromatic heterocycles. The van der Waals surface area contributed by atoms with E-state index in [9.17, 15) is 18.0 Å². The van der Waals surface area contributed by atoms with Crippen LogP contribution >= 0.6 is 0 Å². The van der Waals surface area contributed by atoms with Crippen LogP contribution in [0.15, 0.2) is 39.8 Å². The van der Waals surface area contributed by atoms with Crippen LogP contribution in [0.4, 0.5) is 5.82 Å². The fourth-order valence-corrected chi connectivity index (χ4v) is 2.71. The van der Waals surface area contributed by atoms with Gasteiger partial charge in [-0.1, -0.05) is 17.3 Å². The highest BCUT2D eigenvalue weighted by Crippen LogP contribution is 2.11. The number of anilines is 1. The Hall–Kier alpha value is -2.52. The van der Waals surface area contributed by atoms with Crippen molar-refractivity contribution >= 4 is 27.5 Å². The summed E-state index contributed by atoms with van der Waals surface area (Å²) in [6.07, 6.45) is 0. The second-order valence-electron chi connectivity index (χ2n) is 4.78. The van der Waals surface area contributed by atoms with Gasteiger partial charge in [0.15, 0.2) is 11.6 Å². The van der Waals surface area contributed by atoms with Gasteiger partial charge in [0.05, 0.1) is 11.4 Å². The fraction of sp³-hybridized carbons (Fsp3) is 0.214. The van der Waals surface area contributed by atoms with Crippen LogP contribution in [-0.2, 0) is 14.8 Å². The van der Waals surface area contributed by atoms with Crippen LogP contribution in [0.1, 0.15) is 23.0 Å². The normalized spacial score (nSPS) is 11.2. The number of sulfonamides is 1. The van der Waals surface area contributed by atoms with E-state index < -0.39 is 22.5 Å². The molecule has 1 aromatic carbocycles. The standard InChI is InChI=1S/C14H15N3O5S/c1-9-7-13(17-22-9)16-14(19)8-15-23(20,21)12-5-3-11(4-6-12)10(2)18/h3-7,15H,8H2,1-2H3,(H,16,17,19). The molecule has 0 aliphatic carbocycles. The van der Waals surface area contributed by atoms with Crippen molar-refractivity contribution in [3.8, 4) is 0 Å². The molecule has 0 atom stereocenters. The predicted octanol–water partition coefficient (Wildman–Crippen LogP) is 1.10. The van der Waals surface area contributed by atoms with E-state index in [1.165, 1.54) is 37.3 Å². The molecule has 0 aliphatic rings.